The predicted octanol–water partition coefficient (Wildman–Crippen LogP) is 6.97. The van der Waals surface area contributed by atoms with Crippen LogP contribution in [-0.4, -0.2) is 44.8 Å². The fraction of sp³-hybridized carbons (Fsp3) is 0.308. The lowest BCUT2D eigenvalue weighted by molar-refractivity contribution is -0.140. The van der Waals surface area contributed by atoms with E-state index in [-0.39, 0.29) is 40.2 Å². The summed E-state index contributed by atoms with van der Waals surface area (Å²) in [5.74, 6) is -0.0954. The fourth-order valence-corrected chi connectivity index (χ4v) is 5.44. The topological polar surface area (TPSA) is 75.9 Å². The summed E-state index contributed by atoms with van der Waals surface area (Å²) >= 11 is 18.5. The molecule has 3 aromatic heterocycles. The van der Waals surface area contributed by atoms with Crippen molar-refractivity contribution in [2.75, 3.05) is 11.9 Å². The van der Waals surface area contributed by atoms with Gasteiger partial charge in [-0.1, -0.05) is 34.8 Å². The van der Waals surface area contributed by atoms with Gasteiger partial charge < -0.3 is 10.2 Å². The quantitative estimate of drug-likeness (QED) is 0.269. The lowest BCUT2D eigenvalue weighted by atomic mass is 9.89. The maximum atomic E-state index is 13.6. The molecule has 0 unspecified atom stereocenters. The largest absolute Gasteiger partial charge is 0.433 e. The second-order valence-corrected chi connectivity index (χ2v) is 10.6. The Kier molecular flexibility index (Phi) is 7.63. The number of anilines is 1. The highest BCUT2D eigenvalue weighted by Crippen LogP contribution is 2.37. The van der Waals surface area contributed by atoms with E-state index in [1.165, 1.54) is 29.1 Å². The summed E-state index contributed by atoms with van der Waals surface area (Å²) in [6.45, 7) is 0. The van der Waals surface area contributed by atoms with Crippen molar-refractivity contribution in [2.24, 2.45) is 0 Å². The second-order valence-electron chi connectivity index (χ2n) is 9.35. The number of carbonyl (C=O) groups is 1. The Morgan fingerprint density at radius 1 is 1.08 bits per heavy atom. The summed E-state index contributed by atoms with van der Waals surface area (Å²) in [6, 6.07) is 10.3. The van der Waals surface area contributed by atoms with Gasteiger partial charge in [0.25, 0.3) is 5.91 Å². The van der Waals surface area contributed by atoms with E-state index in [1.807, 2.05) is 4.90 Å². The molecule has 1 amide bonds. The van der Waals surface area contributed by atoms with Gasteiger partial charge in [0, 0.05) is 47.5 Å². The Bertz CT molecular complexity index is 1540. The van der Waals surface area contributed by atoms with Crippen molar-refractivity contribution in [3.8, 4) is 5.82 Å². The molecule has 0 radical (unpaired) electrons. The van der Waals surface area contributed by atoms with Gasteiger partial charge in [-0.3, -0.25) is 4.79 Å². The van der Waals surface area contributed by atoms with Crippen LogP contribution in [0.5, 0.6) is 0 Å². The number of benzene rings is 1. The van der Waals surface area contributed by atoms with Crippen LogP contribution < -0.4 is 10.2 Å². The van der Waals surface area contributed by atoms with Crippen molar-refractivity contribution in [1.29, 1.82) is 0 Å². The zero-order chi connectivity index (χ0) is 27.9. The van der Waals surface area contributed by atoms with Crippen molar-refractivity contribution in [3.63, 3.8) is 0 Å². The first-order valence-corrected chi connectivity index (χ1v) is 13.2. The molecule has 3 heterocycles. The number of hydrogen-bond acceptors (Lipinski definition) is 5. The van der Waals surface area contributed by atoms with Gasteiger partial charge in [-0.05, 0) is 62.1 Å². The van der Waals surface area contributed by atoms with E-state index in [0.29, 0.717) is 46.8 Å². The minimum Gasteiger partial charge on any atom is -0.371 e. The van der Waals surface area contributed by atoms with E-state index in [9.17, 15) is 18.0 Å². The van der Waals surface area contributed by atoms with E-state index < -0.39 is 11.9 Å². The molecule has 0 atom stereocenters. The molecule has 1 saturated carbocycles. The summed E-state index contributed by atoms with van der Waals surface area (Å²) in [5.41, 5.74) is -0.128. The van der Waals surface area contributed by atoms with Gasteiger partial charge in [0.05, 0.1) is 10.5 Å². The minimum absolute atomic E-state index is 0.0453. The van der Waals surface area contributed by atoms with Crippen molar-refractivity contribution >= 4 is 57.3 Å². The van der Waals surface area contributed by atoms with Crippen LogP contribution in [0.15, 0.2) is 48.7 Å². The Labute approximate surface area is 236 Å². The third-order valence-electron chi connectivity index (χ3n) is 6.85. The SMILES string of the molecule is CN(c1cc(C(F)(F)F)nc2ccc(Cl)cc12)[C@H]1CC[C@@H](NC(=O)c2cc(Cl)nn2-c2ncccc2Cl)CC1. The number of pyridine rings is 2. The highest BCUT2D eigenvalue weighted by molar-refractivity contribution is 6.32. The molecule has 4 aromatic rings. The molecular formula is C26H22Cl3F3N6O. The van der Waals surface area contributed by atoms with Gasteiger partial charge in [-0.2, -0.15) is 18.3 Å². The van der Waals surface area contributed by atoms with E-state index in [0.717, 1.165) is 6.07 Å². The van der Waals surface area contributed by atoms with E-state index in [4.69, 9.17) is 34.8 Å². The van der Waals surface area contributed by atoms with Crippen molar-refractivity contribution in [3.05, 3.63) is 75.2 Å². The molecule has 1 aromatic carbocycles. The Hall–Kier alpha value is -3.08. The van der Waals surface area contributed by atoms with Crippen LogP contribution in [-0.2, 0) is 6.18 Å². The number of alkyl halides is 3. The smallest absolute Gasteiger partial charge is 0.371 e. The Morgan fingerprint density at radius 2 is 1.82 bits per heavy atom. The normalized spacial score (nSPS) is 17.8. The molecule has 1 fully saturated rings. The van der Waals surface area contributed by atoms with Crippen LogP contribution in [0.3, 0.4) is 0 Å². The number of nitrogens with one attached hydrogen (secondary N) is 1. The van der Waals surface area contributed by atoms with Gasteiger partial charge >= 0.3 is 6.18 Å². The van der Waals surface area contributed by atoms with E-state index in [2.05, 4.69) is 20.4 Å². The van der Waals surface area contributed by atoms with Gasteiger partial charge in [0.15, 0.2) is 11.0 Å². The fourth-order valence-electron chi connectivity index (χ4n) is 4.89. The zero-order valence-corrected chi connectivity index (χ0v) is 22.8. The third-order valence-corrected chi connectivity index (χ3v) is 7.57. The molecule has 1 N–H and O–H groups in total. The number of carbonyl (C=O) groups excluding carboxylic acids is 1. The van der Waals surface area contributed by atoms with Gasteiger partial charge in [-0.15, -0.1) is 0 Å². The summed E-state index contributed by atoms with van der Waals surface area (Å²) in [7, 11) is 1.77. The highest BCUT2D eigenvalue weighted by Gasteiger charge is 2.35. The van der Waals surface area contributed by atoms with Crippen LogP contribution in [0.2, 0.25) is 15.2 Å². The van der Waals surface area contributed by atoms with Crippen LogP contribution in [0.4, 0.5) is 18.9 Å². The van der Waals surface area contributed by atoms with Crippen LogP contribution in [0.25, 0.3) is 16.7 Å². The lowest BCUT2D eigenvalue weighted by Crippen LogP contribution is -2.43. The number of nitrogens with zero attached hydrogens (tertiary/aromatic N) is 5. The maximum absolute atomic E-state index is 13.6. The van der Waals surface area contributed by atoms with Crippen LogP contribution in [0, 0.1) is 0 Å². The molecule has 5 rings (SSSR count). The molecule has 204 valence electrons. The number of fused-ring (bicyclic) bond motifs is 1. The minimum atomic E-state index is -4.58. The molecule has 0 aliphatic heterocycles. The van der Waals surface area contributed by atoms with Crippen molar-refractivity contribution in [1.82, 2.24) is 25.1 Å². The number of rotatable bonds is 5. The van der Waals surface area contributed by atoms with Crippen molar-refractivity contribution in [2.45, 2.75) is 43.9 Å². The first kappa shape index (κ1) is 27.5. The summed E-state index contributed by atoms with van der Waals surface area (Å²) in [4.78, 5) is 23.0. The highest BCUT2D eigenvalue weighted by atomic mass is 35.5. The number of hydrogen-bond donors (Lipinski definition) is 1. The molecule has 0 bridgehead atoms. The Balaban J connectivity index is 1.31. The first-order valence-electron chi connectivity index (χ1n) is 12.1. The van der Waals surface area contributed by atoms with E-state index >= 15 is 0 Å². The zero-order valence-electron chi connectivity index (χ0n) is 20.5. The molecule has 1 aliphatic rings. The number of amides is 1. The standard InChI is InChI=1S/C26H22Cl3F3N6O/c1-37(20-12-22(26(30,31)32)35-19-9-4-14(27)11-17(19)20)16-7-5-15(6-8-16)34-25(39)21-13-23(29)36-38(21)24-18(28)3-2-10-33-24/h2-4,9-13,15-16H,5-8H2,1H3,(H,34,39)/t15-,16+. The first-order chi connectivity index (χ1) is 18.5. The molecule has 7 nitrogen and oxygen atoms in total. The second kappa shape index (κ2) is 10.8. The number of aromatic nitrogens is 4. The monoisotopic (exact) mass is 596 g/mol. The molecule has 0 saturated heterocycles. The van der Waals surface area contributed by atoms with Crippen LogP contribution >= 0.6 is 34.8 Å². The molecule has 13 heteroatoms. The van der Waals surface area contributed by atoms with Crippen molar-refractivity contribution < 1.29 is 18.0 Å². The molecular weight excluding hydrogens is 576 g/mol. The lowest BCUT2D eigenvalue weighted by Gasteiger charge is -2.37. The van der Waals surface area contributed by atoms with Crippen LogP contribution in [0.1, 0.15) is 41.9 Å². The summed E-state index contributed by atoms with van der Waals surface area (Å²) < 4.78 is 42.0. The maximum Gasteiger partial charge on any atom is 0.433 e. The molecule has 39 heavy (non-hydrogen) atoms. The van der Waals surface area contributed by atoms with Gasteiger partial charge in [0.1, 0.15) is 11.4 Å². The average molecular weight is 598 g/mol. The summed E-state index contributed by atoms with van der Waals surface area (Å²) in [6.07, 6.45) is -0.488. The van der Waals surface area contributed by atoms with Gasteiger partial charge in [0.2, 0.25) is 0 Å². The molecule has 1 aliphatic carbocycles. The number of halogens is 6. The van der Waals surface area contributed by atoms with Gasteiger partial charge in [-0.25, -0.2) is 14.6 Å². The third kappa shape index (κ3) is 5.78. The summed E-state index contributed by atoms with van der Waals surface area (Å²) in [5, 5.41) is 8.57. The molecule has 0 spiro atoms. The Morgan fingerprint density at radius 3 is 2.51 bits per heavy atom. The van der Waals surface area contributed by atoms with E-state index in [1.54, 1.807) is 25.2 Å². The average Bonchev–Trinajstić information content (AvgIpc) is 3.29. The predicted molar refractivity (Wildman–Crippen MR) is 145 cm³/mol.